The zero-order chi connectivity index (χ0) is 12.3. The number of rotatable bonds is 6. The molecule has 0 spiro atoms. The topological polar surface area (TPSA) is 94.5 Å². The van der Waals surface area contributed by atoms with Crippen LogP contribution in [-0.2, 0) is 14.4 Å². The molecule has 0 bridgehead atoms. The molecule has 0 aliphatic rings. The fourth-order valence-electron chi connectivity index (χ4n) is 1.09. The van der Waals surface area contributed by atoms with E-state index in [2.05, 4.69) is 0 Å². The van der Waals surface area contributed by atoms with Gasteiger partial charge in [0.25, 0.3) is 0 Å². The summed E-state index contributed by atoms with van der Waals surface area (Å²) in [5.41, 5.74) is -2.47. The van der Waals surface area contributed by atoms with Crippen LogP contribution >= 0.6 is 0 Å². The number of aliphatic hydroxyl groups excluding tert-OH is 1. The first kappa shape index (κ1) is 13.7. The number of carbonyl (C=O) groups is 3. The minimum Gasteiger partial charge on any atom is -0.548 e. The van der Waals surface area contributed by atoms with Gasteiger partial charge >= 0.3 is 0 Å². The first-order chi connectivity index (χ1) is 6.69. The van der Waals surface area contributed by atoms with Gasteiger partial charge in [-0.05, 0) is 0 Å². The van der Waals surface area contributed by atoms with Crippen molar-refractivity contribution in [1.29, 1.82) is 0 Å². The van der Waals surface area contributed by atoms with Crippen molar-refractivity contribution < 1.29 is 29.1 Å². The Hall–Kier alpha value is -1.27. The highest BCUT2D eigenvalue weighted by Crippen LogP contribution is 2.17. The molecule has 0 rings (SSSR count). The number of hydrogen-bond donors (Lipinski definition) is 1. The summed E-state index contributed by atoms with van der Waals surface area (Å²) in [6, 6.07) is 0. The number of aliphatic hydroxyl groups is 1. The summed E-state index contributed by atoms with van der Waals surface area (Å²) in [5, 5.41) is 20.2. The Bertz CT molecular complexity index is 260. The second kappa shape index (κ2) is 4.50. The van der Waals surface area contributed by atoms with Gasteiger partial charge in [0.2, 0.25) is 0 Å². The van der Waals surface area contributed by atoms with Crippen molar-refractivity contribution >= 4 is 18.5 Å². The number of nitrogens with zero attached hydrogens (tertiary/aromatic N) is 1. The normalized spacial score (nSPS) is 14.4. The van der Waals surface area contributed by atoms with E-state index in [-0.39, 0.29) is 23.6 Å². The Labute approximate surface area is 87.7 Å². The van der Waals surface area contributed by atoms with Gasteiger partial charge in [-0.15, -0.1) is 0 Å². The van der Waals surface area contributed by atoms with Crippen molar-refractivity contribution in [1.82, 2.24) is 0 Å². The molecule has 6 nitrogen and oxygen atoms in total. The summed E-state index contributed by atoms with van der Waals surface area (Å²) in [6.45, 7) is -0.0501. The first-order valence-electron chi connectivity index (χ1n) is 4.32. The quantitative estimate of drug-likeness (QED) is 0.294. The molecular weight excluding hydrogens is 202 g/mol. The molecule has 0 fully saturated rings. The summed E-state index contributed by atoms with van der Waals surface area (Å²) in [4.78, 5) is 31.9. The van der Waals surface area contributed by atoms with E-state index >= 15 is 0 Å². The first-order valence-corrected chi connectivity index (χ1v) is 4.32. The highest BCUT2D eigenvalue weighted by Gasteiger charge is 2.42. The van der Waals surface area contributed by atoms with E-state index in [4.69, 9.17) is 0 Å². The zero-order valence-electron chi connectivity index (χ0n) is 8.97. The highest BCUT2D eigenvalue weighted by atomic mass is 16.4. The van der Waals surface area contributed by atoms with Crippen molar-refractivity contribution in [2.45, 2.75) is 6.10 Å². The van der Waals surface area contributed by atoms with E-state index in [0.717, 1.165) is 0 Å². The number of carboxylic acid groups (broad SMARTS) is 1. The summed E-state index contributed by atoms with van der Waals surface area (Å²) in [6.07, 6.45) is -1.77. The van der Waals surface area contributed by atoms with E-state index in [1.807, 2.05) is 0 Å². The fourth-order valence-corrected chi connectivity index (χ4v) is 1.09. The maximum Gasteiger partial charge on any atom is 0.152 e. The minimum absolute atomic E-state index is 0.0501. The van der Waals surface area contributed by atoms with Crippen LogP contribution in [0.2, 0.25) is 0 Å². The predicted octanol–water partition coefficient (Wildman–Crippen LogP) is -2.81. The van der Waals surface area contributed by atoms with Crippen molar-refractivity contribution in [3.8, 4) is 0 Å². The average molecular weight is 217 g/mol. The fraction of sp³-hybridized carbons (Fsp3) is 0.667. The lowest BCUT2D eigenvalue weighted by Crippen LogP contribution is -2.57. The molecule has 0 saturated carbocycles. The highest BCUT2D eigenvalue weighted by molar-refractivity contribution is 6.07. The van der Waals surface area contributed by atoms with Gasteiger partial charge in [-0.3, -0.25) is 0 Å². The molecule has 6 heteroatoms. The standard InChI is InChI=1S/C9H15NO5/c1-10(2,3)4-7(13)9(5-11,6-12)8(14)15/h5-7,13H,4H2,1-3H3. The van der Waals surface area contributed by atoms with Crippen molar-refractivity contribution in [3.63, 3.8) is 0 Å². The molecule has 0 aromatic carbocycles. The SMILES string of the molecule is C[N+](C)(C)CC(O)C(C=O)(C=O)C(=O)[O-]. The Morgan fingerprint density at radius 2 is 1.80 bits per heavy atom. The summed E-state index contributed by atoms with van der Waals surface area (Å²) in [5.74, 6) is -1.88. The maximum atomic E-state index is 10.7. The third kappa shape index (κ3) is 3.10. The molecule has 0 aliphatic carbocycles. The second-order valence-electron chi connectivity index (χ2n) is 4.44. The van der Waals surface area contributed by atoms with Crippen LogP contribution in [0.3, 0.4) is 0 Å². The lowest BCUT2D eigenvalue weighted by atomic mass is 9.84. The smallest absolute Gasteiger partial charge is 0.152 e. The van der Waals surface area contributed by atoms with Crippen LogP contribution < -0.4 is 5.11 Å². The van der Waals surface area contributed by atoms with E-state index in [1.165, 1.54) is 0 Å². The Morgan fingerprint density at radius 3 is 2.00 bits per heavy atom. The summed E-state index contributed by atoms with van der Waals surface area (Å²) in [7, 11) is 5.08. The molecule has 0 aromatic heterocycles. The number of carboxylic acids is 1. The summed E-state index contributed by atoms with van der Waals surface area (Å²) >= 11 is 0. The van der Waals surface area contributed by atoms with E-state index in [0.29, 0.717) is 0 Å². The third-order valence-electron chi connectivity index (χ3n) is 2.02. The number of carbonyl (C=O) groups excluding carboxylic acids is 3. The third-order valence-corrected chi connectivity index (χ3v) is 2.02. The molecule has 0 aliphatic heterocycles. The van der Waals surface area contributed by atoms with Gasteiger partial charge < -0.3 is 29.1 Å². The number of quaternary nitrogens is 1. The Balaban J connectivity index is 5.02. The van der Waals surface area contributed by atoms with Crippen molar-refractivity contribution in [2.24, 2.45) is 5.41 Å². The number of hydrogen-bond acceptors (Lipinski definition) is 5. The monoisotopic (exact) mass is 217 g/mol. The number of likely N-dealkylation sites (N-methyl/N-ethyl adjacent to an activating group) is 1. The Morgan fingerprint density at radius 1 is 1.40 bits per heavy atom. The van der Waals surface area contributed by atoms with Gasteiger partial charge in [0.1, 0.15) is 25.2 Å². The lowest BCUT2D eigenvalue weighted by Gasteiger charge is -2.33. The molecule has 15 heavy (non-hydrogen) atoms. The molecule has 1 N–H and O–H groups in total. The van der Waals surface area contributed by atoms with Gasteiger partial charge in [-0.1, -0.05) is 0 Å². The second-order valence-corrected chi connectivity index (χ2v) is 4.44. The van der Waals surface area contributed by atoms with E-state index < -0.39 is 17.5 Å². The van der Waals surface area contributed by atoms with Crippen LogP contribution in [0.1, 0.15) is 0 Å². The summed E-state index contributed by atoms with van der Waals surface area (Å²) < 4.78 is 0.220. The minimum atomic E-state index is -2.47. The predicted molar refractivity (Wildman–Crippen MR) is 48.5 cm³/mol. The van der Waals surface area contributed by atoms with E-state index in [1.54, 1.807) is 21.1 Å². The van der Waals surface area contributed by atoms with Gasteiger partial charge in [0, 0.05) is 0 Å². The van der Waals surface area contributed by atoms with Gasteiger partial charge in [0.05, 0.1) is 27.1 Å². The van der Waals surface area contributed by atoms with Gasteiger partial charge in [-0.2, -0.15) is 0 Å². The van der Waals surface area contributed by atoms with Gasteiger partial charge in [-0.25, -0.2) is 0 Å². The molecule has 0 aromatic rings. The molecule has 0 heterocycles. The number of aliphatic carboxylic acids is 1. The van der Waals surface area contributed by atoms with Crippen LogP contribution in [0.4, 0.5) is 0 Å². The maximum absolute atomic E-state index is 10.7. The molecule has 1 atom stereocenters. The van der Waals surface area contributed by atoms with Crippen LogP contribution in [-0.4, -0.2) is 61.9 Å². The Kier molecular flexibility index (Phi) is 4.12. The molecule has 1 unspecified atom stereocenters. The average Bonchev–Trinajstić information content (AvgIpc) is 2.03. The number of aldehydes is 2. The lowest BCUT2D eigenvalue weighted by molar-refractivity contribution is -0.874. The van der Waals surface area contributed by atoms with Crippen LogP contribution in [0, 0.1) is 5.41 Å². The van der Waals surface area contributed by atoms with E-state index in [9.17, 15) is 24.6 Å². The van der Waals surface area contributed by atoms with Crippen LogP contribution in [0.25, 0.3) is 0 Å². The molecular formula is C9H15NO5. The van der Waals surface area contributed by atoms with Crippen LogP contribution in [0.5, 0.6) is 0 Å². The molecule has 0 saturated heterocycles. The van der Waals surface area contributed by atoms with Crippen LogP contribution in [0.15, 0.2) is 0 Å². The molecule has 86 valence electrons. The molecule has 0 radical (unpaired) electrons. The van der Waals surface area contributed by atoms with Crippen molar-refractivity contribution in [2.75, 3.05) is 27.7 Å². The van der Waals surface area contributed by atoms with Gasteiger partial charge in [0.15, 0.2) is 5.41 Å². The molecule has 0 amide bonds. The largest absolute Gasteiger partial charge is 0.548 e. The zero-order valence-corrected chi connectivity index (χ0v) is 8.97. The van der Waals surface area contributed by atoms with Crippen molar-refractivity contribution in [3.05, 3.63) is 0 Å².